The SMILES string of the molecule is COCc1cc(N2CCCC2)nc(C2=CCN(C[C@H](O)c3ccc(OC)cc3)CC2)n1. The Bertz CT molecular complexity index is 894. The van der Waals surface area contributed by atoms with Gasteiger partial charge in [0.1, 0.15) is 11.6 Å². The first kappa shape index (κ1) is 21.7. The Kier molecular flexibility index (Phi) is 7.17. The second-order valence-corrected chi connectivity index (χ2v) is 8.20. The van der Waals surface area contributed by atoms with Crippen LogP contribution in [0, 0.1) is 0 Å². The van der Waals surface area contributed by atoms with Crippen LogP contribution in [0.2, 0.25) is 0 Å². The van der Waals surface area contributed by atoms with Crippen LogP contribution in [0.3, 0.4) is 0 Å². The molecule has 4 rings (SSSR count). The summed E-state index contributed by atoms with van der Waals surface area (Å²) in [6.07, 6.45) is 4.97. The Labute approximate surface area is 184 Å². The van der Waals surface area contributed by atoms with E-state index in [9.17, 15) is 5.11 Å². The molecule has 7 nitrogen and oxygen atoms in total. The highest BCUT2D eigenvalue weighted by Crippen LogP contribution is 2.26. The molecule has 0 aliphatic carbocycles. The van der Waals surface area contributed by atoms with Crippen molar-refractivity contribution in [2.75, 3.05) is 51.8 Å². The van der Waals surface area contributed by atoms with Gasteiger partial charge in [0, 0.05) is 45.9 Å². The van der Waals surface area contributed by atoms with Crippen molar-refractivity contribution in [2.24, 2.45) is 0 Å². The number of aromatic nitrogens is 2. The minimum atomic E-state index is -0.524. The normalized spacial score (nSPS) is 18.2. The molecule has 166 valence electrons. The molecule has 0 radical (unpaired) electrons. The third-order valence-corrected chi connectivity index (χ3v) is 6.00. The first-order valence-electron chi connectivity index (χ1n) is 11.0. The molecule has 1 aromatic heterocycles. The van der Waals surface area contributed by atoms with Crippen LogP contribution in [0.15, 0.2) is 36.4 Å². The van der Waals surface area contributed by atoms with Crippen LogP contribution in [0.4, 0.5) is 5.82 Å². The lowest BCUT2D eigenvalue weighted by Gasteiger charge is -2.28. The van der Waals surface area contributed by atoms with E-state index in [1.165, 1.54) is 18.4 Å². The summed E-state index contributed by atoms with van der Waals surface area (Å²) >= 11 is 0. The van der Waals surface area contributed by atoms with Crippen molar-refractivity contribution >= 4 is 11.4 Å². The van der Waals surface area contributed by atoms with Crippen molar-refractivity contribution in [1.82, 2.24) is 14.9 Å². The van der Waals surface area contributed by atoms with Crippen molar-refractivity contribution in [3.05, 3.63) is 53.5 Å². The highest BCUT2D eigenvalue weighted by Gasteiger charge is 2.21. The minimum Gasteiger partial charge on any atom is -0.497 e. The Morgan fingerprint density at radius 3 is 2.48 bits per heavy atom. The van der Waals surface area contributed by atoms with Gasteiger partial charge >= 0.3 is 0 Å². The van der Waals surface area contributed by atoms with Gasteiger partial charge in [0.05, 0.1) is 25.5 Å². The quantitative estimate of drug-likeness (QED) is 0.698. The summed E-state index contributed by atoms with van der Waals surface area (Å²) in [6.45, 7) is 4.84. The van der Waals surface area contributed by atoms with E-state index in [1.54, 1.807) is 14.2 Å². The van der Waals surface area contributed by atoms with Crippen molar-refractivity contribution in [1.29, 1.82) is 0 Å². The van der Waals surface area contributed by atoms with E-state index in [4.69, 9.17) is 19.4 Å². The zero-order chi connectivity index (χ0) is 21.6. The molecule has 1 aromatic carbocycles. The van der Waals surface area contributed by atoms with Gasteiger partial charge in [-0.1, -0.05) is 18.2 Å². The van der Waals surface area contributed by atoms with Gasteiger partial charge < -0.3 is 19.5 Å². The van der Waals surface area contributed by atoms with Crippen LogP contribution in [-0.4, -0.2) is 66.9 Å². The number of aliphatic hydroxyl groups is 1. The fraction of sp³-hybridized carbons (Fsp3) is 0.500. The first-order valence-corrected chi connectivity index (χ1v) is 11.0. The number of aliphatic hydroxyl groups excluding tert-OH is 1. The molecule has 2 aliphatic rings. The topological polar surface area (TPSA) is 71.0 Å². The molecule has 0 bridgehead atoms. The van der Waals surface area contributed by atoms with E-state index in [1.807, 2.05) is 24.3 Å². The summed E-state index contributed by atoms with van der Waals surface area (Å²) in [5, 5.41) is 10.6. The molecule has 0 amide bonds. The molecule has 1 N–H and O–H groups in total. The lowest BCUT2D eigenvalue weighted by atomic mass is 10.0. The molecule has 3 heterocycles. The summed E-state index contributed by atoms with van der Waals surface area (Å²) in [6, 6.07) is 9.66. The minimum absolute atomic E-state index is 0.490. The third kappa shape index (κ3) is 5.42. The van der Waals surface area contributed by atoms with Crippen LogP contribution in [-0.2, 0) is 11.3 Å². The zero-order valence-corrected chi connectivity index (χ0v) is 18.5. The van der Waals surface area contributed by atoms with E-state index < -0.39 is 6.10 Å². The van der Waals surface area contributed by atoms with Gasteiger partial charge in [-0.05, 0) is 42.5 Å². The predicted octanol–water partition coefficient (Wildman–Crippen LogP) is 3.05. The Balaban J connectivity index is 1.43. The van der Waals surface area contributed by atoms with Gasteiger partial charge in [0.2, 0.25) is 0 Å². The van der Waals surface area contributed by atoms with Gasteiger partial charge in [-0.25, -0.2) is 9.97 Å². The summed E-state index contributed by atoms with van der Waals surface area (Å²) < 4.78 is 10.5. The first-order chi connectivity index (χ1) is 15.2. The largest absolute Gasteiger partial charge is 0.497 e. The lowest BCUT2D eigenvalue weighted by molar-refractivity contribution is 0.119. The maximum absolute atomic E-state index is 10.6. The third-order valence-electron chi connectivity index (χ3n) is 6.00. The van der Waals surface area contributed by atoms with Crippen molar-refractivity contribution in [3.63, 3.8) is 0 Å². The summed E-state index contributed by atoms with van der Waals surface area (Å²) in [5.41, 5.74) is 3.00. The van der Waals surface area contributed by atoms with Gasteiger partial charge in [-0.15, -0.1) is 0 Å². The predicted molar refractivity (Wildman–Crippen MR) is 121 cm³/mol. The second kappa shape index (κ2) is 10.2. The molecule has 0 spiro atoms. The number of β-amino-alcohol motifs (C(OH)–C–C–N with tert-alkyl or cyclic N) is 1. The van der Waals surface area contributed by atoms with Crippen LogP contribution in [0.25, 0.3) is 5.57 Å². The van der Waals surface area contributed by atoms with Gasteiger partial charge in [0.25, 0.3) is 0 Å². The number of nitrogens with zero attached hydrogens (tertiary/aromatic N) is 4. The van der Waals surface area contributed by atoms with Crippen LogP contribution < -0.4 is 9.64 Å². The number of ether oxygens (including phenoxy) is 2. The van der Waals surface area contributed by atoms with Crippen molar-refractivity contribution in [2.45, 2.75) is 32.0 Å². The smallest absolute Gasteiger partial charge is 0.157 e. The zero-order valence-electron chi connectivity index (χ0n) is 18.5. The van der Waals surface area contributed by atoms with E-state index in [0.29, 0.717) is 13.2 Å². The highest BCUT2D eigenvalue weighted by atomic mass is 16.5. The number of hydrogen-bond donors (Lipinski definition) is 1. The highest BCUT2D eigenvalue weighted by molar-refractivity contribution is 5.62. The molecule has 31 heavy (non-hydrogen) atoms. The van der Waals surface area contributed by atoms with Crippen molar-refractivity contribution in [3.8, 4) is 5.75 Å². The summed E-state index contributed by atoms with van der Waals surface area (Å²) in [4.78, 5) is 14.2. The fourth-order valence-electron chi connectivity index (χ4n) is 4.21. The number of anilines is 1. The molecule has 1 fully saturated rings. The molecule has 0 saturated carbocycles. The molecular weight excluding hydrogens is 392 g/mol. The number of rotatable bonds is 8. The molecular formula is C24H32N4O3. The average molecular weight is 425 g/mol. The van der Waals surface area contributed by atoms with E-state index in [0.717, 1.165) is 61.2 Å². The van der Waals surface area contributed by atoms with Crippen LogP contribution >= 0.6 is 0 Å². The second-order valence-electron chi connectivity index (χ2n) is 8.20. The Morgan fingerprint density at radius 2 is 1.84 bits per heavy atom. The molecule has 2 aromatic rings. The van der Waals surface area contributed by atoms with E-state index in [-0.39, 0.29) is 0 Å². The maximum Gasteiger partial charge on any atom is 0.157 e. The Hall–Kier alpha value is -2.48. The molecule has 7 heteroatoms. The standard InChI is InChI=1S/C24H32N4O3/c1-30-17-20-15-23(28-11-3-4-12-28)26-24(25-20)19-9-13-27(14-10-19)16-22(29)18-5-7-21(31-2)8-6-18/h5-9,15,22,29H,3-4,10-14,16-17H2,1-2H3/t22-/m0/s1. The summed E-state index contributed by atoms with van der Waals surface area (Å²) in [5.74, 6) is 2.62. The maximum atomic E-state index is 10.6. The van der Waals surface area contributed by atoms with Gasteiger partial charge in [-0.2, -0.15) is 0 Å². The fourth-order valence-corrected chi connectivity index (χ4v) is 4.21. The van der Waals surface area contributed by atoms with E-state index >= 15 is 0 Å². The van der Waals surface area contributed by atoms with Crippen molar-refractivity contribution < 1.29 is 14.6 Å². The monoisotopic (exact) mass is 424 g/mol. The van der Waals surface area contributed by atoms with Gasteiger partial charge in [-0.3, -0.25) is 4.90 Å². The van der Waals surface area contributed by atoms with Gasteiger partial charge in [0.15, 0.2) is 5.82 Å². The Morgan fingerprint density at radius 1 is 1.06 bits per heavy atom. The molecule has 2 aliphatic heterocycles. The average Bonchev–Trinajstić information content (AvgIpc) is 3.35. The van der Waals surface area contributed by atoms with Crippen LogP contribution in [0.1, 0.15) is 42.4 Å². The molecule has 1 saturated heterocycles. The summed E-state index contributed by atoms with van der Waals surface area (Å²) in [7, 11) is 3.34. The number of benzene rings is 1. The lowest BCUT2D eigenvalue weighted by Crippen LogP contribution is -2.32. The van der Waals surface area contributed by atoms with E-state index in [2.05, 4.69) is 21.9 Å². The number of hydrogen-bond acceptors (Lipinski definition) is 7. The molecule has 1 atom stereocenters. The molecule has 0 unspecified atom stereocenters. The van der Waals surface area contributed by atoms with Crippen LogP contribution in [0.5, 0.6) is 5.75 Å². The number of methoxy groups -OCH3 is 2.